The zero-order valence-corrected chi connectivity index (χ0v) is 8.54. The van der Waals surface area contributed by atoms with Gasteiger partial charge in [0.05, 0.1) is 11.5 Å². The Morgan fingerprint density at radius 2 is 1.92 bits per heavy atom. The van der Waals surface area contributed by atoms with Crippen molar-refractivity contribution >= 4 is 27.2 Å². The Labute approximate surface area is 77.9 Å². The third kappa shape index (κ3) is 2.31. The van der Waals surface area contributed by atoms with Gasteiger partial charge in [-0.15, -0.1) is 0 Å². The second-order valence-corrected chi connectivity index (χ2v) is 5.38. The fourth-order valence-electron chi connectivity index (χ4n) is 1.07. The molecule has 1 N–H and O–H groups in total. The first-order valence-corrected chi connectivity index (χ1v) is 5.95. The Bertz CT molecular complexity index is 259. The lowest BCUT2D eigenvalue weighted by Crippen LogP contribution is -2.47. The van der Waals surface area contributed by atoms with Gasteiger partial charge in [0.2, 0.25) is 0 Å². The van der Waals surface area contributed by atoms with Crippen LogP contribution in [-0.4, -0.2) is 50.1 Å². The number of nitrogens with one attached hydrogen (secondary N) is 1. The van der Waals surface area contributed by atoms with Crippen molar-refractivity contribution in [2.45, 2.75) is 0 Å². The van der Waals surface area contributed by atoms with Gasteiger partial charge in [0.1, 0.15) is 0 Å². The summed E-state index contributed by atoms with van der Waals surface area (Å²) in [6.07, 6.45) is 0. The summed E-state index contributed by atoms with van der Waals surface area (Å²) in [6.45, 7) is 1.03. The molecule has 0 aliphatic carbocycles. The van der Waals surface area contributed by atoms with Gasteiger partial charge in [-0.1, -0.05) is 0 Å². The molecule has 0 unspecified atom stereocenters. The van der Waals surface area contributed by atoms with Crippen LogP contribution < -0.4 is 5.32 Å². The van der Waals surface area contributed by atoms with Gasteiger partial charge in [-0.25, -0.2) is 8.42 Å². The van der Waals surface area contributed by atoms with Crippen molar-refractivity contribution in [3.05, 3.63) is 0 Å². The minimum atomic E-state index is -2.79. The van der Waals surface area contributed by atoms with Crippen molar-refractivity contribution in [3.8, 4) is 0 Å². The molecule has 4 nitrogen and oxygen atoms in total. The first kappa shape index (κ1) is 9.73. The van der Waals surface area contributed by atoms with Crippen LogP contribution in [0.3, 0.4) is 0 Å². The monoisotopic (exact) mass is 208 g/mol. The van der Waals surface area contributed by atoms with Gasteiger partial charge in [0, 0.05) is 20.1 Å². The molecule has 1 saturated heterocycles. The van der Waals surface area contributed by atoms with Crippen molar-refractivity contribution in [2.75, 3.05) is 31.6 Å². The smallest absolute Gasteiger partial charge is 0.168 e. The maximum Gasteiger partial charge on any atom is 0.168 e. The molecular formula is C6H12N2O2S2. The average molecular weight is 208 g/mol. The van der Waals surface area contributed by atoms with E-state index in [-0.39, 0.29) is 11.5 Å². The summed E-state index contributed by atoms with van der Waals surface area (Å²) in [5.74, 6) is 0.434. The van der Waals surface area contributed by atoms with Crippen LogP contribution in [-0.2, 0) is 9.84 Å². The fraction of sp³-hybridized carbons (Fsp3) is 0.833. The lowest BCUT2D eigenvalue weighted by atomic mass is 10.5. The van der Waals surface area contributed by atoms with Crippen molar-refractivity contribution in [1.29, 1.82) is 0 Å². The molecule has 70 valence electrons. The summed E-state index contributed by atoms with van der Waals surface area (Å²) < 4.78 is 22.0. The van der Waals surface area contributed by atoms with Crippen LogP contribution in [0.5, 0.6) is 0 Å². The van der Waals surface area contributed by atoms with Gasteiger partial charge >= 0.3 is 0 Å². The van der Waals surface area contributed by atoms with Crippen molar-refractivity contribution in [1.82, 2.24) is 10.2 Å². The van der Waals surface area contributed by atoms with Crippen LogP contribution in [0.4, 0.5) is 0 Å². The molecule has 0 saturated carbocycles. The Morgan fingerprint density at radius 1 is 1.42 bits per heavy atom. The molecule has 0 aromatic carbocycles. The molecule has 12 heavy (non-hydrogen) atoms. The third-order valence-corrected chi connectivity index (χ3v) is 3.92. The first-order valence-electron chi connectivity index (χ1n) is 3.72. The molecule has 1 aliphatic heterocycles. The molecule has 1 aliphatic rings. The summed E-state index contributed by atoms with van der Waals surface area (Å²) in [7, 11) is -1.04. The highest BCUT2D eigenvalue weighted by atomic mass is 32.2. The highest BCUT2D eigenvalue weighted by Crippen LogP contribution is 2.03. The summed E-state index contributed by atoms with van der Waals surface area (Å²) in [5, 5.41) is 3.45. The third-order valence-electron chi connectivity index (χ3n) is 1.85. The Morgan fingerprint density at radius 3 is 2.33 bits per heavy atom. The summed E-state index contributed by atoms with van der Waals surface area (Å²) >= 11 is 4.97. The Balaban J connectivity index is 2.52. The minimum Gasteiger partial charge on any atom is -0.366 e. The van der Waals surface area contributed by atoms with Crippen LogP contribution >= 0.6 is 12.2 Å². The van der Waals surface area contributed by atoms with Crippen LogP contribution in [0.1, 0.15) is 0 Å². The number of hydrogen-bond donors (Lipinski definition) is 1. The van der Waals surface area contributed by atoms with Gasteiger partial charge in [-0.3, -0.25) is 0 Å². The maximum atomic E-state index is 11.0. The second-order valence-electron chi connectivity index (χ2n) is 2.69. The Hall–Kier alpha value is -0.360. The minimum absolute atomic E-state index is 0.217. The molecule has 0 bridgehead atoms. The van der Waals surface area contributed by atoms with Crippen LogP contribution in [0, 0.1) is 0 Å². The highest BCUT2D eigenvalue weighted by molar-refractivity contribution is 7.91. The van der Waals surface area contributed by atoms with Gasteiger partial charge in [0.15, 0.2) is 14.9 Å². The van der Waals surface area contributed by atoms with Crippen molar-refractivity contribution in [2.24, 2.45) is 0 Å². The molecule has 0 aromatic rings. The van der Waals surface area contributed by atoms with E-state index in [0.29, 0.717) is 18.2 Å². The molecule has 6 heteroatoms. The van der Waals surface area contributed by atoms with E-state index < -0.39 is 9.84 Å². The number of nitrogens with zero attached hydrogens (tertiary/aromatic N) is 1. The van der Waals surface area contributed by atoms with Crippen molar-refractivity contribution in [3.63, 3.8) is 0 Å². The molecule has 1 heterocycles. The van der Waals surface area contributed by atoms with E-state index in [1.54, 1.807) is 7.05 Å². The maximum absolute atomic E-state index is 11.0. The molecular weight excluding hydrogens is 196 g/mol. The van der Waals surface area contributed by atoms with E-state index in [0.717, 1.165) is 0 Å². The second kappa shape index (κ2) is 3.57. The molecule has 1 rings (SSSR count). The van der Waals surface area contributed by atoms with Gasteiger partial charge in [-0.2, -0.15) is 0 Å². The van der Waals surface area contributed by atoms with Crippen LogP contribution in [0.25, 0.3) is 0 Å². The van der Waals surface area contributed by atoms with Gasteiger partial charge in [-0.05, 0) is 12.2 Å². The fourth-order valence-corrected chi connectivity index (χ4v) is 2.46. The van der Waals surface area contributed by atoms with E-state index in [4.69, 9.17) is 12.2 Å². The standard InChI is InChI=1S/C6H12N2O2S2/c1-7-6(11)8-2-4-12(9,10)5-3-8/h2-5H2,1H3,(H,7,11). The molecule has 0 radical (unpaired) electrons. The molecule has 0 spiro atoms. The first-order chi connectivity index (χ1) is 5.55. The van der Waals surface area contributed by atoms with E-state index in [1.807, 2.05) is 4.90 Å². The average Bonchev–Trinajstić information content (AvgIpc) is 2.03. The molecule has 1 fully saturated rings. The number of rotatable bonds is 0. The van der Waals surface area contributed by atoms with E-state index >= 15 is 0 Å². The number of thiocarbonyl (C=S) groups is 1. The van der Waals surface area contributed by atoms with E-state index in [2.05, 4.69) is 5.32 Å². The molecule has 0 aromatic heterocycles. The van der Waals surface area contributed by atoms with Gasteiger partial charge in [0.25, 0.3) is 0 Å². The molecule has 0 amide bonds. The summed E-state index contributed by atoms with van der Waals surface area (Å²) in [6, 6.07) is 0. The normalized spacial score (nSPS) is 21.9. The van der Waals surface area contributed by atoms with Crippen LogP contribution in [0.2, 0.25) is 0 Å². The number of sulfone groups is 1. The highest BCUT2D eigenvalue weighted by Gasteiger charge is 2.22. The van der Waals surface area contributed by atoms with Gasteiger partial charge < -0.3 is 10.2 Å². The van der Waals surface area contributed by atoms with E-state index in [9.17, 15) is 8.42 Å². The zero-order chi connectivity index (χ0) is 9.19. The largest absolute Gasteiger partial charge is 0.366 e. The molecule has 0 atom stereocenters. The van der Waals surface area contributed by atoms with Crippen LogP contribution in [0.15, 0.2) is 0 Å². The predicted molar refractivity (Wildman–Crippen MR) is 51.9 cm³/mol. The summed E-state index contributed by atoms with van der Waals surface area (Å²) in [4.78, 5) is 1.87. The quantitative estimate of drug-likeness (QED) is 0.529. The Kier molecular flexibility index (Phi) is 2.89. The number of hydrogen-bond acceptors (Lipinski definition) is 3. The predicted octanol–water partition coefficient (Wildman–Crippen LogP) is -0.779. The zero-order valence-electron chi connectivity index (χ0n) is 6.91. The van der Waals surface area contributed by atoms with E-state index in [1.165, 1.54) is 0 Å². The topological polar surface area (TPSA) is 49.4 Å². The summed E-state index contributed by atoms with van der Waals surface area (Å²) in [5.41, 5.74) is 0. The SMILES string of the molecule is CNC(=S)N1CCS(=O)(=O)CC1. The van der Waals surface area contributed by atoms with Crippen molar-refractivity contribution < 1.29 is 8.42 Å². The lowest BCUT2D eigenvalue weighted by Gasteiger charge is -2.28. The lowest BCUT2D eigenvalue weighted by molar-refractivity contribution is 0.439.